The zero-order valence-electron chi connectivity index (χ0n) is 14.3. The van der Waals surface area contributed by atoms with Crippen LogP contribution in [0.1, 0.15) is 65.2 Å². The summed E-state index contributed by atoms with van der Waals surface area (Å²) in [5.41, 5.74) is 3.30. The second-order valence-electron chi connectivity index (χ2n) is 9.17. The van der Waals surface area contributed by atoms with E-state index in [0.29, 0.717) is 29.0 Å². The van der Waals surface area contributed by atoms with E-state index in [2.05, 4.69) is 27.0 Å². The fraction of sp³-hybridized carbons (Fsp3) is 0.762. The summed E-state index contributed by atoms with van der Waals surface area (Å²) in [5, 5.41) is 0. The third kappa shape index (κ3) is 1.74. The molecule has 0 aromatic rings. The molecule has 0 unspecified atom stereocenters. The fourth-order valence-corrected chi connectivity index (χ4v) is 6.91. The highest BCUT2D eigenvalue weighted by Gasteiger charge is 2.60. The van der Waals surface area contributed by atoms with Crippen molar-refractivity contribution >= 4 is 5.78 Å². The van der Waals surface area contributed by atoms with E-state index in [1.807, 2.05) is 0 Å². The molecule has 0 N–H and O–H groups in total. The maximum absolute atomic E-state index is 12.5. The molecule has 1 heteroatoms. The number of rotatable bonds is 0. The molecule has 4 aliphatic carbocycles. The number of fused-ring (bicyclic) bond motifs is 5. The summed E-state index contributed by atoms with van der Waals surface area (Å²) in [6.07, 6.45) is 9.18. The summed E-state index contributed by atoms with van der Waals surface area (Å²) in [6, 6.07) is 0. The Kier molecular flexibility index (Phi) is 3.07. The number of carbonyl (C=O) groups excluding carboxylic acids is 1. The number of allylic oxidation sites excluding steroid dienone is 2. The van der Waals surface area contributed by atoms with E-state index in [1.165, 1.54) is 43.3 Å². The average Bonchev–Trinajstić information content (AvgIpc) is 2.77. The molecule has 4 fully saturated rings. The Balaban J connectivity index is 1.71. The molecule has 0 aliphatic heterocycles. The van der Waals surface area contributed by atoms with E-state index in [9.17, 15) is 4.79 Å². The van der Waals surface area contributed by atoms with E-state index in [1.54, 1.807) is 0 Å². The lowest BCUT2D eigenvalue weighted by atomic mass is 9.44. The Morgan fingerprint density at radius 2 is 1.77 bits per heavy atom. The van der Waals surface area contributed by atoms with Gasteiger partial charge in [-0.15, -0.1) is 0 Å². The summed E-state index contributed by atoms with van der Waals surface area (Å²) < 4.78 is 0. The highest BCUT2D eigenvalue weighted by molar-refractivity contribution is 5.87. The smallest absolute Gasteiger partial charge is 0.139 e. The monoisotopic (exact) mass is 298 g/mol. The molecule has 0 radical (unpaired) electrons. The first-order chi connectivity index (χ1) is 10.4. The Labute approximate surface area is 135 Å². The first-order valence-electron chi connectivity index (χ1n) is 9.24. The molecule has 0 saturated heterocycles. The van der Waals surface area contributed by atoms with Gasteiger partial charge in [-0.2, -0.15) is 0 Å². The third-order valence-corrected chi connectivity index (χ3v) is 8.29. The second-order valence-corrected chi connectivity index (χ2v) is 9.17. The molecule has 4 saturated carbocycles. The maximum Gasteiger partial charge on any atom is 0.139 e. The van der Waals surface area contributed by atoms with Gasteiger partial charge in [0.05, 0.1) is 0 Å². The van der Waals surface area contributed by atoms with Crippen LogP contribution in [0.2, 0.25) is 0 Å². The average molecular weight is 298 g/mol. The van der Waals surface area contributed by atoms with Crippen LogP contribution in [0.4, 0.5) is 0 Å². The second kappa shape index (κ2) is 4.58. The summed E-state index contributed by atoms with van der Waals surface area (Å²) >= 11 is 0. The van der Waals surface area contributed by atoms with Crippen molar-refractivity contribution in [2.75, 3.05) is 0 Å². The van der Waals surface area contributed by atoms with Crippen LogP contribution in [0.25, 0.3) is 0 Å². The number of hydrogen-bond acceptors (Lipinski definition) is 1. The molecule has 0 aromatic carbocycles. The van der Waals surface area contributed by atoms with E-state index < -0.39 is 0 Å². The van der Waals surface area contributed by atoms with Crippen molar-refractivity contribution < 1.29 is 4.79 Å². The SMILES string of the molecule is C=C1CC[C@@]2(C)[C@@H]3CC[C@@]4(C)C(=O)CC[C@@H]4[C@H]3CC(=C)[C@@H]2C1. The number of Topliss-reactive ketones (excluding diaryl/α,β-unsaturated/α-hetero) is 1. The molecule has 120 valence electrons. The molecule has 0 bridgehead atoms. The van der Waals surface area contributed by atoms with Gasteiger partial charge in [-0.1, -0.05) is 38.2 Å². The summed E-state index contributed by atoms with van der Waals surface area (Å²) in [4.78, 5) is 12.5. The van der Waals surface area contributed by atoms with Crippen LogP contribution in [-0.2, 0) is 4.79 Å². The van der Waals surface area contributed by atoms with Gasteiger partial charge in [-0.25, -0.2) is 0 Å². The number of hydrogen-bond donors (Lipinski definition) is 0. The van der Waals surface area contributed by atoms with E-state index in [4.69, 9.17) is 0 Å². The fourth-order valence-electron chi connectivity index (χ4n) is 6.91. The summed E-state index contributed by atoms with van der Waals surface area (Å²) in [5.74, 6) is 3.34. The maximum atomic E-state index is 12.5. The van der Waals surface area contributed by atoms with E-state index >= 15 is 0 Å². The molecule has 4 rings (SSSR count). The molecule has 22 heavy (non-hydrogen) atoms. The lowest BCUT2D eigenvalue weighted by Crippen LogP contribution is -2.53. The first-order valence-corrected chi connectivity index (χ1v) is 9.24. The predicted molar refractivity (Wildman–Crippen MR) is 90.4 cm³/mol. The van der Waals surface area contributed by atoms with E-state index in [-0.39, 0.29) is 5.41 Å². The molecule has 4 aliphatic rings. The van der Waals surface area contributed by atoms with Gasteiger partial charge in [0.15, 0.2) is 0 Å². The lowest BCUT2D eigenvalue weighted by Gasteiger charge is -2.60. The molecule has 0 spiro atoms. The zero-order valence-corrected chi connectivity index (χ0v) is 14.3. The minimum atomic E-state index is -0.0110. The van der Waals surface area contributed by atoms with Crippen molar-refractivity contribution in [3.05, 3.63) is 24.3 Å². The van der Waals surface area contributed by atoms with Gasteiger partial charge in [-0.05, 0) is 74.0 Å². The molecular formula is C21H30O. The van der Waals surface area contributed by atoms with Crippen LogP contribution in [0.15, 0.2) is 24.3 Å². The topological polar surface area (TPSA) is 17.1 Å². The van der Waals surface area contributed by atoms with Gasteiger partial charge in [0.1, 0.15) is 5.78 Å². The highest BCUT2D eigenvalue weighted by atomic mass is 16.1. The highest BCUT2D eigenvalue weighted by Crippen LogP contribution is 2.66. The van der Waals surface area contributed by atoms with Gasteiger partial charge in [-0.3, -0.25) is 4.79 Å². The number of carbonyl (C=O) groups is 1. The van der Waals surface area contributed by atoms with Gasteiger partial charge < -0.3 is 0 Å². The molecule has 1 nitrogen and oxygen atoms in total. The largest absolute Gasteiger partial charge is 0.299 e. The minimum Gasteiger partial charge on any atom is -0.299 e. The molecule has 0 amide bonds. The van der Waals surface area contributed by atoms with Crippen LogP contribution in [0.3, 0.4) is 0 Å². The van der Waals surface area contributed by atoms with E-state index in [0.717, 1.165) is 25.2 Å². The molecular weight excluding hydrogens is 268 g/mol. The summed E-state index contributed by atoms with van der Waals surface area (Å²) in [7, 11) is 0. The van der Waals surface area contributed by atoms with Crippen molar-refractivity contribution in [2.45, 2.75) is 65.2 Å². The Bertz CT molecular complexity index is 558. The first kappa shape index (κ1) is 14.7. The minimum absolute atomic E-state index is 0.0110. The van der Waals surface area contributed by atoms with Crippen LogP contribution in [0.5, 0.6) is 0 Å². The Hall–Kier alpha value is -0.850. The zero-order chi connectivity index (χ0) is 15.7. The third-order valence-electron chi connectivity index (χ3n) is 8.29. The summed E-state index contributed by atoms with van der Waals surface area (Å²) in [6.45, 7) is 13.6. The molecule has 0 aromatic heterocycles. The van der Waals surface area contributed by atoms with Gasteiger partial charge >= 0.3 is 0 Å². The van der Waals surface area contributed by atoms with Gasteiger partial charge in [0.25, 0.3) is 0 Å². The van der Waals surface area contributed by atoms with Crippen LogP contribution < -0.4 is 0 Å². The normalized spacial score (nSPS) is 51.3. The van der Waals surface area contributed by atoms with Crippen LogP contribution in [0, 0.1) is 34.5 Å². The van der Waals surface area contributed by atoms with Crippen molar-refractivity contribution in [3.8, 4) is 0 Å². The molecule has 6 atom stereocenters. The predicted octanol–water partition coefficient (Wildman–Crippen LogP) is 5.32. The molecule has 0 heterocycles. The Morgan fingerprint density at radius 1 is 1.00 bits per heavy atom. The quantitative estimate of drug-likeness (QED) is 0.553. The van der Waals surface area contributed by atoms with Crippen LogP contribution in [-0.4, -0.2) is 5.78 Å². The lowest BCUT2D eigenvalue weighted by molar-refractivity contribution is -0.134. The van der Waals surface area contributed by atoms with Crippen molar-refractivity contribution in [2.24, 2.45) is 34.5 Å². The Morgan fingerprint density at radius 3 is 2.55 bits per heavy atom. The van der Waals surface area contributed by atoms with Crippen LogP contribution >= 0.6 is 0 Å². The van der Waals surface area contributed by atoms with Gasteiger partial charge in [0, 0.05) is 11.8 Å². The van der Waals surface area contributed by atoms with Gasteiger partial charge in [0.2, 0.25) is 0 Å². The van der Waals surface area contributed by atoms with Crippen molar-refractivity contribution in [1.29, 1.82) is 0 Å². The van der Waals surface area contributed by atoms with Crippen molar-refractivity contribution in [1.82, 2.24) is 0 Å². The standard InChI is InChI=1S/C21H30O/c1-13-7-9-20(3)17-8-10-21(4)16(5-6-19(21)22)15(17)12-14(2)18(20)11-13/h15-18H,1-2,5-12H2,3-4H3/t15-,16-,17-,18+,20+,21-/m1/s1. The van der Waals surface area contributed by atoms with Crippen molar-refractivity contribution in [3.63, 3.8) is 0 Å². The number of ketones is 1.